The Hall–Kier alpha value is -0.350. The van der Waals surface area contributed by atoms with Crippen LogP contribution < -0.4 is 10.5 Å². The summed E-state index contributed by atoms with van der Waals surface area (Å²) in [6.07, 6.45) is 1.46. The minimum absolute atomic E-state index is 0.0357. The van der Waals surface area contributed by atoms with Crippen molar-refractivity contribution in [1.82, 2.24) is 4.98 Å². The molecule has 0 aliphatic rings. The van der Waals surface area contributed by atoms with Crippen LogP contribution in [0.4, 0.5) is 11.4 Å². The number of nitrogens with one attached hydrogen (secondary N) is 1. The summed E-state index contributed by atoms with van der Waals surface area (Å²) >= 11 is 15.5. The van der Waals surface area contributed by atoms with Gasteiger partial charge in [0.2, 0.25) is 0 Å². The number of halogens is 4. The third-order valence-corrected chi connectivity index (χ3v) is 5.92. The zero-order chi connectivity index (χ0) is 15.8. The lowest BCUT2D eigenvalue weighted by Gasteiger charge is -2.13. The summed E-state index contributed by atoms with van der Waals surface area (Å²) in [6.45, 7) is 0. The summed E-state index contributed by atoms with van der Waals surface area (Å²) in [7, 11) is -3.92. The van der Waals surface area contributed by atoms with Crippen molar-refractivity contribution in [2.45, 2.75) is 4.90 Å². The van der Waals surface area contributed by atoms with E-state index in [2.05, 4.69) is 57.5 Å². The van der Waals surface area contributed by atoms with Gasteiger partial charge in [-0.05, 0) is 50.1 Å². The van der Waals surface area contributed by atoms with Crippen molar-refractivity contribution in [3.05, 3.63) is 43.0 Å². The Labute approximate surface area is 151 Å². The van der Waals surface area contributed by atoms with Gasteiger partial charge in [-0.25, -0.2) is 13.4 Å². The maximum atomic E-state index is 12.5. The first kappa shape index (κ1) is 17.0. The molecular weight excluding hydrogens is 513 g/mol. The van der Waals surface area contributed by atoms with Gasteiger partial charge in [-0.1, -0.05) is 27.5 Å². The minimum Gasteiger partial charge on any atom is -0.398 e. The lowest BCUT2D eigenvalue weighted by Crippen LogP contribution is -2.16. The van der Waals surface area contributed by atoms with E-state index < -0.39 is 10.0 Å². The van der Waals surface area contributed by atoms with Crippen LogP contribution in [0.25, 0.3) is 0 Å². The Morgan fingerprint density at radius 2 is 1.81 bits per heavy atom. The molecule has 0 saturated carbocycles. The lowest BCUT2D eigenvalue weighted by atomic mass is 10.3. The second-order valence-electron chi connectivity index (χ2n) is 3.90. The Kier molecular flexibility index (Phi) is 5.19. The van der Waals surface area contributed by atoms with Gasteiger partial charge < -0.3 is 5.73 Å². The van der Waals surface area contributed by atoms with Crippen LogP contribution >= 0.6 is 59.4 Å². The molecule has 0 radical (unpaired) electrons. The van der Waals surface area contributed by atoms with Crippen molar-refractivity contribution < 1.29 is 8.42 Å². The molecule has 2 aromatic rings. The average Bonchev–Trinajstić information content (AvgIpc) is 2.31. The predicted octanol–water partition coefficient (Wildman–Crippen LogP) is 4.41. The van der Waals surface area contributed by atoms with Crippen molar-refractivity contribution >= 4 is 80.8 Å². The predicted molar refractivity (Wildman–Crippen MR) is 94.0 cm³/mol. The van der Waals surface area contributed by atoms with Gasteiger partial charge in [-0.2, -0.15) is 0 Å². The number of aromatic nitrogens is 1. The zero-order valence-electron chi connectivity index (χ0n) is 10.1. The van der Waals surface area contributed by atoms with E-state index in [1.165, 1.54) is 18.3 Å². The Morgan fingerprint density at radius 3 is 2.43 bits per heavy atom. The van der Waals surface area contributed by atoms with Crippen molar-refractivity contribution in [2.75, 3.05) is 10.5 Å². The number of hydrogen-bond acceptors (Lipinski definition) is 4. The van der Waals surface area contributed by atoms with Gasteiger partial charge in [0.1, 0.15) is 4.90 Å². The highest BCUT2D eigenvalue weighted by atomic mass is 79.9. The molecule has 0 saturated heterocycles. The van der Waals surface area contributed by atoms with E-state index in [9.17, 15) is 8.42 Å². The molecule has 0 bridgehead atoms. The maximum absolute atomic E-state index is 12.5. The number of nitrogen functional groups attached to an aromatic ring is 1. The third kappa shape index (κ3) is 3.89. The van der Waals surface area contributed by atoms with Gasteiger partial charge in [0.05, 0.1) is 11.4 Å². The molecule has 0 aliphatic carbocycles. The zero-order valence-corrected chi connectivity index (χ0v) is 16.4. The van der Waals surface area contributed by atoms with E-state index in [1.54, 1.807) is 6.07 Å². The SMILES string of the molecule is Nc1cc(Br)cc(Br)c1S(=O)(=O)Nc1cc(Br)cnc1Cl. The molecule has 0 spiro atoms. The Balaban J connectivity index is 2.51. The van der Waals surface area contributed by atoms with Crippen LogP contribution in [0, 0.1) is 0 Å². The monoisotopic (exact) mass is 517 g/mol. The van der Waals surface area contributed by atoms with E-state index in [0.717, 1.165) is 0 Å². The highest BCUT2D eigenvalue weighted by Gasteiger charge is 2.23. The molecule has 5 nitrogen and oxygen atoms in total. The van der Waals surface area contributed by atoms with E-state index in [1.807, 2.05) is 0 Å². The van der Waals surface area contributed by atoms with Gasteiger partial charge in [0, 0.05) is 19.6 Å². The Morgan fingerprint density at radius 1 is 1.14 bits per heavy atom. The molecule has 2 rings (SSSR count). The number of nitrogens with zero attached hydrogens (tertiary/aromatic N) is 1. The van der Waals surface area contributed by atoms with Crippen molar-refractivity contribution in [1.29, 1.82) is 0 Å². The summed E-state index contributed by atoms with van der Waals surface area (Å²) in [5.74, 6) is 0. The molecule has 10 heteroatoms. The third-order valence-electron chi connectivity index (χ3n) is 2.36. The van der Waals surface area contributed by atoms with Crippen LogP contribution in [-0.2, 0) is 10.0 Å². The highest BCUT2D eigenvalue weighted by Crippen LogP contribution is 2.34. The fourth-order valence-corrected chi connectivity index (χ4v) is 5.22. The van der Waals surface area contributed by atoms with Crippen LogP contribution in [0.5, 0.6) is 0 Å². The molecule has 1 heterocycles. The van der Waals surface area contributed by atoms with Gasteiger partial charge in [0.25, 0.3) is 10.0 Å². The van der Waals surface area contributed by atoms with Crippen LogP contribution in [0.1, 0.15) is 0 Å². The molecule has 3 N–H and O–H groups in total. The van der Waals surface area contributed by atoms with Gasteiger partial charge in [-0.15, -0.1) is 0 Å². The first-order valence-electron chi connectivity index (χ1n) is 5.29. The van der Waals surface area contributed by atoms with Crippen molar-refractivity contribution in [2.24, 2.45) is 0 Å². The fourth-order valence-electron chi connectivity index (χ4n) is 1.55. The summed E-state index contributed by atoms with van der Waals surface area (Å²) in [5, 5.41) is 0.0357. The molecule has 0 unspecified atom stereocenters. The van der Waals surface area contributed by atoms with Crippen LogP contribution in [0.15, 0.2) is 42.7 Å². The van der Waals surface area contributed by atoms with E-state index in [-0.39, 0.29) is 21.4 Å². The summed E-state index contributed by atoms with van der Waals surface area (Å²) in [5.41, 5.74) is 6.05. The molecule has 21 heavy (non-hydrogen) atoms. The second-order valence-corrected chi connectivity index (χ2v) is 8.57. The number of pyridine rings is 1. The molecule has 1 aromatic heterocycles. The smallest absolute Gasteiger partial charge is 0.265 e. The highest BCUT2D eigenvalue weighted by molar-refractivity contribution is 9.11. The molecule has 112 valence electrons. The van der Waals surface area contributed by atoms with E-state index in [0.29, 0.717) is 13.4 Å². The van der Waals surface area contributed by atoms with Crippen molar-refractivity contribution in [3.8, 4) is 0 Å². The summed E-state index contributed by atoms with van der Waals surface area (Å²) in [6, 6.07) is 4.60. The first-order valence-corrected chi connectivity index (χ1v) is 9.53. The number of anilines is 2. The summed E-state index contributed by atoms with van der Waals surface area (Å²) in [4.78, 5) is 3.79. The normalized spacial score (nSPS) is 11.4. The number of sulfonamides is 1. The molecule has 0 fully saturated rings. The quantitative estimate of drug-likeness (QED) is 0.464. The molecule has 1 aromatic carbocycles. The van der Waals surface area contributed by atoms with Crippen LogP contribution in [-0.4, -0.2) is 13.4 Å². The largest absolute Gasteiger partial charge is 0.398 e. The Bertz CT molecular complexity index is 791. The lowest BCUT2D eigenvalue weighted by molar-refractivity contribution is 0.601. The number of benzene rings is 1. The topological polar surface area (TPSA) is 85.1 Å². The molecule has 0 atom stereocenters. The van der Waals surface area contributed by atoms with Gasteiger partial charge >= 0.3 is 0 Å². The number of hydrogen-bond donors (Lipinski definition) is 2. The summed E-state index contributed by atoms with van der Waals surface area (Å²) < 4.78 is 28.9. The minimum atomic E-state index is -3.92. The fraction of sp³-hybridized carbons (Fsp3) is 0. The number of rotatable bonds is 3. The maximum Gasteiger partial charge on any atom is 0.265 e. The molecular formula is C11H7Br3ClN3O2S. The standard InChI is InChI=1S/C11H7Br3ClN3O2S/c12-5-1-7(14)10(8(16)2-5)21(19,20)18-9-3-6(13)4-17-11(9)15/h1-4,18H,16H2. The number of nitrogens with two attached hydrogens (primary N) is 1. The van der Waals surface area contributed by atoms with Crippen molar-refractivity contribution in [3.63, 3.8) is 0 Å². The van der Waals surface area contributed by atoms with Gasteiger partial charge in [0.15, 0.2) is 5.15 Å². The van der Waals surface area contributed by atoms with E-state index in [4.69, 9.17) is 17.3 Å². The van der Waals surface area contributed by atoms with E-state index >= 15 is 0 Å². The molecule has 0 aliphatic heterocycles. The van der Waals surface area contributed by atoms with Gasteiger partial charge in [-0.3, -0.25) is 4.72 Å². The average molecular weight is 520 g/mol. The van der Waals surface area contributed by atoms with Crippen LogP contribution in [0.2, 0.25) is 5.15 Å². The van der Waals surface area contributed by atoms with Crippen LogP contribution in [0.3, 0.4) is 0 Å². The first-order chi connectivity index (χ1) is 9.70. The molecule has 0 amide bonds. The second kappa shape index (κ2) is 6.41.